The van der Waals surface area contributed by atoms with Crippen molar-refractivity contribution in [2.45, 2.75) is 38.8 Å². The summed E-state index contributed by atoms with van der Waals surface area (Å²) in [7, 11) is 1.24. The van der Waals surface area contributed by atoms with Crippen molar-refractivity contribution in [3.8, 4) is 17.0 Å². The number of anilines is 2. The third-order valence-corrected chi connectivity index (χ3v) is 7.80. The third-order valence-electron chi connectivity index (χ3n) is 7.48. The van der Waals surface area contributed by atoms with E-state index in [0.29, 0.717) is 11.3 Å². The summed E-state index contributed by atoms with van der Waals surface area (Å²) in [5.41, 5.74) is -1.45. The van der Waals surface area contributed by atoms with Crippen molar-refractivity contribution in [1.29, 1.82) is 0 Å². The molecule has 0 saturated carbocycles. The Kier molecular flexibility index (Phi) is 8.51. The minimum Gasteiger partial charge on any atom is -0.494 e. The molecule has 2 N–H and O–H groups in total. The number of hydrogen-bond donors (Lipinski definition) is 2. The van der Waals surface area contributed by atoms with E-state index in [-0.39, 0.29) is 53.0 Å². The molecule has 3 heterocycles. The van der Waals surface area contributed by atoms with Gasteiger partial charge in [-0.3, -0.25) is 14.1 Å². The largest absolute Gasteiger partial charge is 0.494 e. The number of nitrogens with zero attached hydrogens (tertiary/aromatic N) is 5. The molecule has 0 radical (unpaired) electrons. The van der Waals surface area contributed by atoms with Gasteiger partial charge in [-0.05, 0) is 58.0 Å². The Morgan fingerprint density at radius 3 is 2.48 bits per heavy atom. The molecule has 1 fully saturated rings. The van der Waals surface area contributed by atoms with Gasteiger partial charge in [-0.1, -0.05) is 11.6 Å². The van der Waals surface area contributed by atoms with Crippen molar-refractivity contribution in [3.05, 3.63) is 71.1 Å². The molecule has 1 atom stereocenters. The van der Waals surface area contributed by atoms with Crippen LogP contribution in [0.2, 0.25) is 5.02 Å². The Labute approximate surface area is 267 Å². The summed E-state index contributed by atoms with van der Waals surface area (Å²) in [5, 5.41) is 13.2. The van der Waals surface area contributed by atoms with E-state index in [1.807, 2.05) is 0 Å². The number of carboxylic acid groups (broad SMARTS) is 1. The van der Waals surface area contributed by atoms with Crippen molar-refractivity contribution in [2.24, 2.45) is 0 Å². The lowest BCUT2D eigenvalue weighted by Crippen LogP contribution is -2.67. The van der Waals surface area contributed by atoms with Gasteiger partial charge in [0, 0.05) is 36.7 Å². The van der Waals surface area contributed by atoms with E-state index in [2.05, 4.69) is 15.3 Å². The maximum Gasteiger partial charge on any atom is 0.411 e. The first-order chi connectivity index (χ1) is 21.6. The van der Waals surface area contributed by atoms with Gasteiger partial charge in [-0.15, -0.1) is 0 Å². The van der Waals surface area contributed by atoms with Gasteiger partial charge < -0.3 is 24.8 Å². The predicted octanol–water partition coefficient (Wildman–Crippen LogP) is 5.62. The number of ether oxygens (including phenoxy) is 2. The lowest BCUT2D eigenvalue weighted by molar-refractivity contribution is -0.153. The molecule has 46 heavy (non-hydrogen) atoms. The predicted molar refractivity (Wildman–Crippen MR) is 165 cm³/mol. The second-order valence-corrected chi connectivity index (χ2v) is 12.2. The van der Waals surface area contributed by atoms with E-state index in [0.717, 1.165) is 4.90 Å². The number of amides is 2. The molecule has 5 rings (SSSR count). The van der Waals surface area contributed by atoms with Crippen LogP contribution in [0.15, 0.2) is 48.9 Å². The lowest BCUT2D eigenvalue weighted by atomic mass is 9.96. The van der Waals surface area contributed by atoms with Crippen LogP contribution in [0.3, 0.4) is 0 Å². The van der Waals surface area contributed by atoms with Gasteiger partial charge in [0.15, 0.2) is 28.6 Å². The van der Waals surface area contributed by atoms with Crippen LogP contribution < -0.4 is 10.1 Å². The molecule has 0 aliphatic carbocycles. The van der Waals surface area contributed by atoms with Crippen molar-refractivity contribution >= 4 is 46.7 Å². The molecule has 4 aromatic rings. The molecule has 0 spiro atoms. The van der Waals surface area contributed by atoms with Crippen LogP contribution in [-0.2, 0) is 9.53 Å². The highest BCUT2D eigenvalue weighted by Gasteiger charge is 2.49. The first kappa shape index (κ1) is 32.4. The van der Waals surface area contributed by atoms with Crippen LogP contribution in [0.4, 0.5) is 25.1 Å². The summed E-state index contributed by atoms with van der Waals surface area (Å²) in [6.07, 6.45) is 3.60. The number of hydrogen-bond acceptors (Lipinski definition) is 8. The Hall–Kier alpha value is -4.98. The molecule has 2 amide bonds. The Morgan fingerprint density at radius 2 is 1.83 bits per heavy atom. The van der Waals surface area contributed by atoms with Gasteiger partial charge in [0.1, 0.15) is 5.60 Å². The molecule has 1 aliphatic rings. The highest BCUT2D eigenvalue weighted by Crippen LogP contribution is 2.33. The molecule has 242 valence electrons. The molecule has 0 bridgehead atoms. The Bertz CT molecular complexity index is 1860. The highest BCUT2D eigenvalue weighted by atomic mass is 35.5. The maximum absolute atomic E-state index is 14.8. The summed E-state index contributed by atoms with van der Waals surface area (Å²) in [5.74, 6) is -3.96. The molecule has 1 aliphatic heterocycles. The normalized spacial score (nSPS) is 16.8. The van der Waals surface area contributed by atoms with Crippen LogP contribution in [0.25, 0.3) is 16.9 Å². The molecule has 2 aromatic heterocycles. The van der Waals surface area contributed by atoms with E-state index < -0.39 is 40.7 Å². The van der Waals surface area contributed by atoms with E-state index in [1.165, 1.54) is 60.0 Å². The van der Waals surface area contributed by atoms with E-state index in [1.54, 1.807) is 33.0 Å². The zero-order valence-electron chi connectivity index (χ0n) is 25.6. The van der Waals surface area contributed by atoms with Crippen molar-refractivity contribution < 1.29 is 37.7 Å². The van der Waals surface area contributed by atoms with Crippen LogP contribution >= 0.6 is 11.6 Å². The van der Waals surface area contributed by atoms with Gasteiger partial charge in [0.25, 0.3) is 5.91 Å². The SMILES string of the molecule is COc1ccc(-c2cnc3c(Nc4ccc(C(=O)N5CCN(C(=O)OC(C)(C)C)C(C)(C(=O)O)C5)c(Cl)c4)nccn23)c(F)c1F. The summed E-state index contributed by atoms with van der Waals surface area (Å²) < 4.78 is 41.0. The average molecular weight is 657 g/mol. The topological polar surface area (TPSA) is 139 Å². The standard InChI is InChI=1S/C31H31ClF2N6O6/c1-30(2,3)46-29(44)40-13-12-38(16-31(40,4)28(42)43)27(41)18-7-6-17(14-20(18)32)37-25-26-36-15-21(39(26)11-10-35-25)19-8-9-22(45-5)24(34)23(19)33/h6-11,14-15H,12-13,16H2,1-5H3,(H,35,37)(H,42,43). The summed E-state index contributed by atoms with van der Waals surface area (Å²) >= 11 is 6.54. The fourth-order valence-corrected chi connectivity index (χ4v) is 5.40. The second-order valence-electron chi connectivity index (χ2n) is 11.8. The molecule has 15 heteroatoms. The number of aromatic nitrogens is 3. The fourth-order valence-electron chi connectivity index (χ4n) is 5.14. The number of aliphatic carboxylic acids is 1. The van der Waals surface area contributed by atoms with Crippen molar-refractivity contribution in [3.63, 3.8) is 0 Å². The smallest absolute Gasteiger partial charge is 0.411 e. The average Bonchev–Trinajstić information content (AvgIpc) is 3.42. The zero-order valence-corrected chi connectivity index (χ0v) is 26.4. The first-order valence-corrected chi connectivity index (χ1v) is 14.5. The second kappa shape index (κ2) is 12.1. The number of carbonyl (C=O) groups excluding carboxylic acids is 2. The number of fused-ring (bicyclic) bond motifs is 1. The number of methoxy groups -OCH3 is 1. The van der Waals surface area contributed by atoms with E-state index >= 15 is 0 Å². The minimum atomic E-state index is -1.74. The third kappa shape index (κ3) is 5.99. The van der Waals surface area contributed by atoms with Gasteiger partial charge in [0.05, 0.1) is 36.1 Å². The molecular formula is C31H31ClF2N6O6. The Morgan fingerprint density at radius 1 is 1.09 bits per heavy atom. The number of nitrogens with one attached hydrogen (secondary N) is 1. The minimum absolute atomic E-state index is 0.0280. The molecule has 1 saturated heterocycles. The number of carbonyl (C=O) groups is 3. The lowest BCUT2D eigenvalue weighted by Gasteiger charge is -2.46. The zero-order chi connectivity index (χ0) is 33.6. The molecule has 12 nitrogen and oxygen atoms in total. The van der Waals surface area contributed by atoms with Gasteiger partial charge in [-0.25, -0.2) is 23.9 Å². The number of carboxylic acids is 1. The van der Waals surface area contributed by atoms with Crippen molar-refractivity contribution in [2.75, 3.05) is 32.1 Å². The van der Waals surface area contributed by atoms with Crippen LogP contribution in [0, 0.1) is 11.6 Å². The van der Waals surface area contributed by atoms with Gasteiger partial charge in [-0.2, -0.15) is 4.39 Å². The molecule has 1 unspecified atom stereocenters. The quantitative estimate of drug-likeness (QED) is 0.271. The van der Waals surface area contributed by atoms with Crippen molar-refractivity contribution in [1.82, 2.24) is 24.2 Å². The van der Waals surface area contributed by atoms with E-state index in [4.69, 9.17) is 21.1 Å². The number of piperazine rings is 1. The van der Waals surface area contributed by atoms with Crippen LogP contribution in [0.1, 0.15) is 38.1 Å². The summed E-state index contributed by atoms with van der Waals surface area (Å²) in [4.78, 5) is 49.7. The Balaban J connectivity index is 1.36. The van der Waals surface area contributed by atoms with Crippen LogP contribution in [-0.4, -0.2) is 85.1 Å². The highest BCUT2D eigenvalue weighted by molar-refractivity contribution is 6.34. The fraction of sp³-hybridized carbons (Fsp3) is 0.323. The van der Waals surface area contributed by atoms with Gasteiger partial charge in [0.2, 0.25) is 5.82 Å². The number of halogens is 3. The number of imidazole rings is 1. The first-order valence-electron chi connectivity index (χ1n) is 14.1. The number of rotatable bonds is 6. The molecular weight excluding hydrogens is 626 g/mol. The number of benzene rings is 2. The van der Waals surface area contributed by atoms with E-state index in [9.17, 15) is 28.3 Å². The monoisotopic (exact) mass is 656 g/mol. The maximum atomic E-state index is 14.8. The van der Waals surface area contributed by atoms with Gasteiger partial charge >= 0.3 is 12.1 Å². The molecule has 2 aromatic carbocycles. The van der Waals surface area contributed by atoms with Crippen LogP contribution in [0.5, 0.6) is 5.75 Å². The summed E-state index contributed by atoms with van der Waals surface area (Å²) in [6, 6.07) is 7.27. The summed E-state index contributed by atoms with van der Waals surface area (Å²) in [6.45, 7) is 6.11.